The van der Waals surface area contributed by atoms with Gasteiger partial charge in [0.1, 0.15) is 12.4 Å². The number of aromatic nitrogens is 1. The Morgan fingerprint density at radius 3 is 2.60 bits per heavy atom. The third kappa shape index (κ3) is 6.50. The second-order valence-electron chi connectivity index (χ2n) is 9.74. The van der Waals surface area contributed by atoms with Crippen LogP contribution in [0.4, 0.5) is 5.69 Å². The van der Waals surface area contributed by atoms with E-state index in [9.17, 15) is 19.7 Å². The molecular weight excluding hydrogens is 749 g/mol. The number of allylic oxidation sites excluding steroid dienone is 1. The van der Waals surface area contributed by atoms with Crippen molar-refractivity contribution >= 4 is 67.6 Å². The normalized spacial score (nSPS) is 14.7. The number of hydrogen-bond donors (Lipinski definition) is 0. The lowest BCUT2D eigenvalue weighted by Crippen LogP contribution is -2.39. The lowest BCUT2D eigenvalue weighted by Gasteiger charge is -2.24. The second-order valence-corrected chi connectivity index (χ2v) is 12.8. The van der Waals surface area contributed by atoms with Gasteiger partial charge in [-0.2, -0.15) is 0 Å². The van der Waals surface area contributed by atoms with Gasteiger partial charge in [0.2, 0.25) is 0 Å². The molecular formula is C31H25BrIN3O6S. The lowest BCUT2D eigenvalue weighted by molar-refractivity contribution is -0.384. The molecule has 1 aliphatic rings. The Morgan fingerprint density at radius 2 is 1.93 bits per heavy atom. The maximum atomic E-state index is 13.9. The first-order valence-corrected chi connectivity index (χ1v) is 15.9. The smallest absolute Gasteiger partial charge is 0.338 e. The van der Waals surface area contributed by atoms with Gasteiger partial charge in [0, 0.05) is 12.1 Å². The molecule has 43 heavy (non-hydrogen) atoms. The summed E-state index contributed by atoms with van der Waals surface area (Å²) in [6.45, 7) is 5.84. The van der Waals surface area contributed by atoms with Crippen molar-refractivity contribution in [2.75, 3.05) is 6.61 Å². The van der Waals surface area contributed by atoms with E-state index >= 15 is 0 Å². The van der Waals surface area contributed by atoms with E-state index in [4.69, 9.17) is 9.47 Å². The fraction of sp³-hybridized carbons (Fsp3) is 0.194. The lowest BCUT2D eigenvalue weighted by atomic mass is 9.95. The Morgan fingerprint density at radius 1 is 1.19 bits per heavy atom. The summed E-state index contributed by atoms with van der Waals surface area (Å²) in [4.78, 5) is 42.8. The standard InChI is InChI=1S/C31H25BrIN3O6S/c1-4-41-30(38)26-18(3)34-31-35(27(26)21-10-8-17(2)9-11-21)29(37)25(43-31)15-20-13-23(32)28(24(33)14-20)42-16-19-6-5-7-22(12-19)36(39)40/h5-15,27H,4,16H2,1-3H3/b25-15+/t27-/m0/s1. The third-order valence-corrected chi connectivity index (χ3v) is 9.11. The van der Waals surface area contributed by atoms with E-state index in [0.717, 1.165) is 20.3 Å². The van der Waals surface area contributed by atoms with Gasteiger partial charge in [-0.3, -0.25) is 19.5 Å². The number of benzene rings is 3. The van der Waals surface area contributed by atoms with E-state index in [2.05, 4.69) is 43.5 Å². The average molecular weight is 774 g/mol. The number of carbonyl (C=O) groups excluding carboxylic acids is 1. The maximum Gasteiger partial charge on any atom is 0.338 e. The SMILES string of the molecule is CCOC(=O)C1=C(C)N=c2s/c(=C/c3cc(Br)c(OCc4cccc([N+](=O)[O-])c4)c(I)c3)c(=O)n2[C@H]1c1ccc(C)cc1. The van der Waals surface area contributed by atoms with Crippen LogP contribution in [-0.4, -0.2) is 22.1 Å². The number of hydrogen-bond acceptors (Lipinski definition) is 8. The highest BCUT2D eigenvalue weighted by Gasteiger charge is 2.33. The second kappa shape index (κ2) is 12.9. The fourth-order valence-electron chi connectivity index (χ4n) is 4.72. The number of ether oxygens (including phenoxy) is 2. The Hall–Kier alpha value is -3.62. The van der Waals surface area contributed by atoms with Crippen LogP contribution in [0.5, 0.6) is 5.75 Å². The molecule has 1 aliphatic heterocycles. The molecule has 0 saturated heterocycles. The number of aryl methyl sites for hydroxylation is 1. The molecule has 3 aromatic carbocycles. The molecule has 0 unspecified atom stereocenters. The summed E-state index contributed by atoms with van der Waals surface area (Å²) in [5.74, 6) is 0.0857. The van der Waals surface area contributed by atoms with Crippen LogP contribution in [0.3, 0.4) is 0 Å². The summed E-state index contributed by atoms with van der Waals surface area (Å²) >= 11 is 6.98. The van der Waals surface area contributed by atoms with Gasteiger partial charge in [0.05, 0.1) is 41.4 Å². The van der Waals surface area contributed by atoms with E-state index in [-0.39, 0.29) is 24.5 Å². The van der Waals surface area contributed by atoms with Crippen molar-refractivity contribution in [3.8, 4) is 5.75 Å². The van der Waals surface area contributed by atoms with Gasteiger partial charge in [0.15, 0.2) is 4.80 Å². The molecule has 0 N–H and O–H groups in total. The third-order valence-electron chi connectivity index (χ3n) is 6.73. The zero-order valence-corrected chi connectivity index (χ0v) is 27.9. The largest absolute Gasteiger partial charge is 0.487 e. The van der Waals surface area contributed by atoms with Gasteiger partial charge in [0.25, 0.3) is 11.2 Å². The summed E-state index contributed by atoms with van der Waals surface area (Å²) < 4.78 is 14.8. The van der Waals surface area contributed by atoms with Crippen molar-refractivity contribution in [1.82, 2.24) is 4.57 Å². The number of esters is 1. The van der Waals surface area contributed by atoms with Gasteiger partial charge >= 0.3 is 5.97 Å². The van der Waals surface area contributed by atoms with E-state index in [0.29, 0.717) is 36.4 Å². The first kappa shape index (κ1) is 30.8. The first-order chi connectivity index (χ1) is 20.6. The zero-order chi connectivity index (χ0) is 30.8. The number of nitrogens with zero attached hydrogens (tertiary/aromatic N) is 3. The molecule has 0 radical (unpaired) electrons. The van der Waals surface area contributed by atoms with Crippen LogP contribution in [0.15, 0.2) is 86.2 Å². The van der Waals surface area contributed by atoms with E-state index in [1.54, 1.807) is 36.6 Å². The Labute approximate surface area is 272 Å². The van der Waals surface area contributed by atoms with Crippen molar-refractivity contribution in [3.05, 3.63) is 132 Å². The summed E-state index contributed by atoms with van der Waals surface area (Å²) in [5, 5.41) is 11.1. The molecule has 5 rings (SSSR count). The van der Waals surface area contributed by atoms with Crippen molar-refractivity contribution < 1.29 is 19.2 Å². The number of nitro groups is 1. The van der Waals surface area contributed by atoms with Crippen LogP contribution in [0.25, 0.3) is 6.08 Å². The summed E-state index contributed by atoms with van der Waals surface area (Å²) in [5.41, 5.74) is 3.87. The van der Waals surface area contributed by atoms with Gasteiger partial charge in [-0.15, -0.1) is 0 Å². The molecule has 1 aromatic heterocycles. The van der Waals surface area contributed by atoms with Crippen LogP contribution in [-0.2, 0) is 16.1 Å². The minimum absolute atomic E-state index is 0.000800. The monoisotopic (exact) mass is 773 g/mol. The first-order valence-electron chi connectivity index (χ1n) is 13.2. The fourth-order valence-corrected chi connectivity index (χ4v) is 7.54. The molecule has 220 valence electrons. The number of rotatable bonds is 8. The van der Waals surface area contributed by atoms with Crippen LogP contribution >= 0.6 is 49.9 Å². The van der Waals surface area contributed by atoms with Crippen molar-refractivity contribution in [1.29, 1.82) is 0 Å². The highest BCUT2D eigenvalue weighted by atomic mass is 127. The molecule has 0 fully saturated rings. The highest BCUT2D eigenvalue weighted by Crippen LogP contribution is 2.34. The van der Waals surface area contributed by atoms with Gasteiger partial charge < -0.3 is 9.47 Å². The predicted molar refractivity (Wildman–Crippen MR) is 176 cm³/mol. The molecule has 2 heterocycles. The summed E-state index contributed by atoms with van der Waals surface area (Å²) in [6, 6.07) is 17.1. The van der Waals surface area contributed by atoms with Crippen molar-refractivity contribution in [2.24, 2.45) is 4.99 Å². The molecule has 4 aromatic rings. The number of nitro benzene ring substituents is 1. The van der Waals surface area contributed by atoms with Crippen LogP contribution < -0.4 is 19.6 Å². The quantitative estimate of drug-likeness (QED) is 0.0946. The average Bonchev–Trinajstić information content (AvgIpc) is 3.26. The number of fused-ring (bicyclic) bond motifs is 1. The number of halogens is 2. The van der Waals surface area contributed by atoms with E-state index < -0.39 is 16.9 Å². The van der Waals surface area contributed by atoms with Crippen LogP contribution in [0.2, 0.25) is 0 Å². The number of thiazole rings is 1. The predicted octanol–water partition coefficient (Wildman–Crippen LogP) is 5.96. The maximum absolute atomic E-state index is 13.9. The number of non-ortho nitro benzene ring substituents is 1. The molecule has 0 amide bonds. The molecule has 0 bridgehead atoms. The van der Waals surface area contributed by atoms with Gasteiger partial charge in [-0.25, -0.2) is 9.79 Å². The van der Waals surface area contributed by atoms with E-state index in [1.165, 1.54) is 23.5 Å². The van der Waals surface area contributed by atoms with Crippen LogP contribution in [0.1, 0.15) is 42.1 Å². The Kier molecular flexibility index (Phi) is 9.28. The molecule has 1 atom stereocenters. The van der Waals surface area contributed by atoms with Gasteiger partial charge in [-0.1, -0.05) is 53.3 Å². The minimum atomic E-state index is -0.672. The van der Waals surface area contributed by atoms with Crippen molar-refractivity contribution in [3.63, 3.8) is 0 Å². The molecule has 9 nitrogen and oxygen atoms in total. The zero-order valence-electron chi connectivity index (χ0n) is 23.3. The minimum Gasteiger partial charge on any atom is -0.487 e. The van der Waals surface area contributed by atoms with E-state index in [1.807, 2.05) is 43.3 Å². The van der Waals surface area contributed by atoms with Crippen molar-refractivity contribution in [2.45, 2.75) is 33.4 Å². The van der Waals surface area contributed by atoms with Gasteiger partial charge in [-0.05, 0) is 94.2 Å². The summed E-state index contributed by atoms with van der Waals surface area (Å²) in [6.07, 6.45) is 1.79. The highest BCUT2D eigenvalue weighted by molar-refractivity contribution is 14.1. The molecule has 0 saturated carbocycles. The molecule has 0 aliphatic carbocycles. The number of carbonyl (C=O) groups is 1. The Bertz CT molecular complexity index is 1940. The molecule has 0 spiro atoms. The molecule has 12 heteroatoms. The Balaban J connectivity index is 1.52. The topological polar surface area (TPSA) is 113 Å². The summed E-state index contributed by atoms with van der Waals surface area (Å²) in [7, 11) is 0. The van der Waals surface area contributed by atoms with Crippen LogP contribution in [0, 0.1) is 20.6 Å².